The van der Waals surface area contributed by atoms with Gasteiger partial charge < -0.3 is 9.30 Å². The number of carbonyl (C=O) groups excluding carboxylic acids is 1. The molecule has 0 aliphatic carbocycles. The molecule has 2 aromatic carbocycles. The van der Waals surface area contributed by atoms with E-state index in [-0.39, 0.29) is 17.9 Å². The van der Waals surface area contributed by atoms with Crippen LogP contribution in [-0.2, 0) is 6.54 Å². The fraction of sp³-hybridized carbons (Fsp3) is 0.136. The normalized spacial score (nSPS) is 10.9. The van der Waals surface area contributed by atoms with Crippen molar-refractivity contribution in [1.29, 1.82) is 0 Å². The fourth-order valence-corrected chi connectivity index (χ4v) is 3.93. The van der Waals surface area contributed by atoms with Crippen molar-refractivity contribution in [3.63, 3.8) is 0 Å². The van der Waals surface area contributed by atoms with Crippen LogP contribution in [0.15, 0.2) is 65.6 Å². The molecule has 0 bridgehead atoms. The van der Waals surface area contributed by atoms with Gasteiger partial charge in [0.05, 0.1) is 23.4 Å². The Bertz CT molecular complexity index is 1280. The van der Waals surface area contributed by atoms with Gasteiger partial charge in [-0.1, -0.05) is 23.5 Å². The number of anilines is 1. The maximum atomic E-state index is 13.4. The third-order valence-corrected chi connectivity index (χ3v) is 5.33. The summed E-state index contributed by atoms with van der Waals surface area (Å²) in [7, 11) is 0. The maximum absolute atomic E-state index is 13.4. The van der Waals surface area contributed by atoms with Crippen molar-refractivity contribution in [3.05, 3.63) is 88.1 Å². The van der Waals surface area contributed by atoms with Gasteiger partial charge in [-0.2, -0.15) is 0 Å². The number of hydrogen-bond donors (Lipinski definition) is 1. The quantitative estimate of drug-likeness (QED) is 0.502. The zero-order valence-electron chi connectivity index (χ0n) is 16.1. The van der Waals surface area contributed by atoms with Gasteiger partial charge in [-0.3, -0.25) is 14.9 Å². The van der Waals surface area contributed by atoms with Crippen molar-refractivity contribution in [2.24, 2.45) is 0 Å². The minimum Gasteiger partial charge on any atom is -0.494 e. The number of nitrogens with one attached hydrogen (secondary N) is 1. The number of fused-ring (bicyclic) bond motifs is 1. The predicted molar refractivity (Wildman–Crippen MR) is 115 cm³/mol. The van der Waals surface area contributed by atoms with Crippen molar-refractivity contribution in [2.75, 3.05) is 11.9 Å². The first kappa shape index (κ1) is 19.8. The molecule has 0 radical (unpaired) electrons. The summed E-state index contributed by atoms with van der Waals surface area (Å²) in [6.45, 7) is 2.63. The van der Waals surface area contributed by atoms with Crippen LogP contribution in [0.2, 0.25) is 0 Å². The zero-order valence-corrected chi connectivity index (χ0v) is 16.9. The molecule has 8 heteroatoms. The highest BCUT2D eigenvalue weighted by molar-refractivity contribution is 7.22. The van der Waals surface area contributed by atoms with Crippen LogP contribution in [0.4, 0.5) is 9.52 Å². The van der Waals surface area contributed by atoms with E-state index in [0.29, 0.717) is 17.3 Å². The second kappa shape index (κ2) is 8.46. The number of benzene rings is 2. The minimum absolute atomic E-state index is 0.0110. The van der Waals surface area contributed by atoms with Crippen molar-refractivity contribution in [1.82, 2.24) is 9.55 Å². The average Bonchev–Trinajstić information content (AvgIpc) is 3.11. The molecule has 0 aliphatic rings. The van der Waals surface area contributed by atoms with Gasteiger partial charge in [0.15, 0.2) is 5.13 Å². The molecule has 6 nitrogen and oxygen atoms in total. The molecule has 0 saturated carbocycles. The highest BCUT2D eigenvalue weighted by Crippen LogP contribution is 2.29. The van der Waals surface area contributed by atoms with Crippen LogP contribution < -0.4 is 15.6 Å². The van der Waals surface area contributed by atoms with Crippen molar-refractivity contribution < 1.29 is 13.9 Å². The number of pyridine rings is 1. The lowest BCUT2D eigenvalue weighted by atomic mass is 10.2. The van der Waals surface area contributed by atoms with Gasteiger partial charge in [-0.15, -0.1) is 0 Å². The van der Waals surface area contributed by atoms with Gasteiger partial charge in [0, 0.05) is 6.20 Å². The van der Waals surface area contributed by atoms with Crippen LogP contribution in [0.1, 0.15) is 22.8 Å². The first-order valence-electron chi connectivity index (χ1n) is 9.32. The molecule has 1 amide bonds. The van der Waals surface area contributed by atoms with Crippen LogP contribution in [-0.4, -0.2) is 22.1 Å². The molecule has 2 aromatic heterocycles. The molecule has 2 heterocycles. The van der Waals surface area contributed by atoms with Crippen LogP contribution in [0.5, 0.6) is 5.75 Å². The second-order valence-corrected chi connectivity index (χ2v) is 7.55. The average molecular weight is 423 g/mol. The number of ether oxygens (including phenoxy) is 1. The first-order chi connectivity index (χ1) is 14.5. The molecule has 0 fully saturated rings. The van der Waals surface area contributed by atoms with E-state index in [9.17, 15) is 14.0 Å². The summed E-state index contributed by atoms with van der Waals surface area (Å²) in [5.74, 6) is -0.190. The number of nitrogens with zero attached hydrogens (tertiary/aromatic N) is 2. The van der Waals surface area contributed by atoms with Crippen molar-refractivity contribution in [3.8, 4) is 5.75 Å². The van der Waals surface area contributed by atoms with Gasteiger partial charge in [0.1, 0.15) is 17.1 Å². The molecule has 0 spiro atoms. The number of rotatable bonds is 6. The lowest BCUT2D eigenvalue weighted by Gasteiger charge is -2.08. The number of aromatic nitrogens is 2. The topological polar surface area (TPSA) is 73.2 Å². The van der Waals surface area contributed by atoms with E-state index in [0.717, 1.165) is 16.0 Å². The Morgan fingerprint density at radius 1 is 1.20 bits per heavy atom. The molecule has 4 aromatic rings. The smallest absolute Gasteiger partial charge is 0.263 e. The zero-order chi connectivity index (χ0) is 21.1. The van der Waals surface area contributed by atoms with E-state index in [1.807, 2.05) is 25.1 Å². The second-order valence-electron chi connectivity index (χ2n) is 6.52. The Hall–Kier alpha value is -3.52. The van der Waals surface area contributed by atoms with E-state index in [1.165, 1.54) is 34.1 Å². The first-order valence-corrected chi connectivity index (χ1v) is 10.1. The third-order valence-electron chi connectivity index (χ3n) is 4.40. The van der Waals surface area contributed by atoms with Gasteiger partial charge in [0.25, 0.3) is 11.5 Å². The molecule has 1 N–H and O–H groups in total. The Labute approximate surface area is 175 Å². The Kier molecular flexibility index (Phi) is 5.58. The summed E-state index contributed by atoms with van der Waals surface area (Å²) in [4.78, 5) is 29.8. The van der Waals surface area contributed by atoms with Crippen LogP contribution in [0, 0.1) is 5.82 Å². The number of carbonyl (C=O) groups is 1. The molecule has 30 heavy (non-hydrogen) atoms. The van der Waals surface area contributed by atoms with E-state index in [4.69, 9.17) is 4.74 Å². The summed E-state index contributed by atoms with van der Waals surface area (Å²) in [6.07, 6.45) is 1.57. The van der Waals surface area contributed by atoms with E-state index >= 15 is 0 Å². The molecule has 0 atom stereocenters. The van der Waals surface area contributed by atoms with E-state index in [1.54, 1.807) is 24.4 Å². The number of halogens is 1. The summed E-state index contributed by atoms with van der Waals surface area (Å²) in [5, 5.41) is 3.09. The number of amides is 1. The lowest BCUT2D eigenvalue weighted by Crippen LogP contribution is -2.29. The van der Waals surface area contributed by atoms with Crippen molar-refractivity contribution >= 4 is 32.6 Å². The molecular weight excluding hydrogens is 405 g/mol. The number of hydrogen-bond acceptors (Lipinski definition) is 5. The molecule has 152 valence electrons. The van der Waals surface area contributed by atoms with E-state index < -0.39 is 11.5 Å². The SMILES string of the molecule is CCOc1ccc2nc(NC(=O)c3cccn(Cc4cccc(F)c4)c3=O)sc2c1. The molecular formula is C22H18FN3O3S. The molecule has 0 unspecified atom stereocenters. The summed E-state index contributed by atoms with van der Waals surface area (Å²) >= 11 is 1.30. The van der Waals surface area contributed by atoms with Gasteiger partial charge in [-0.25, -0.2) is 9.37 Å². The highest BCUT2D eigenvalue weighted by atomic mass is 32.1. The minimum atomic E-state index is -0.544. The maximum Gasteiger partial charge on any atom is 0.263 e. The van der Waals surface area contributed by atoms with Gasteiger partial charge in [-0.05, 0) is 55.0 Å². The predicted octanol–water partition coefficient (Wildman–Crippen LogP) is 4.30. The van der Waals surface area contributed by atoms with Crippen LogP contribution >= 0.6 is 11.3 Å². The summed E-state index contributed by atoms with van der Waals surface area (Å²) in [5.41, 5.74) is 0.892. The molecule has 0 saturated heterocycles. The highest BCUT2D eigenvalue weighted by Gasteiger charge is 2.15. The molecule has 0 aliphatic heterocycles. The standard InChI is InChI=1S/C22H18FN3O3S/c1-2-29-16-8-9-18-19(12-16)30-22(24-18)25-20(27)17-7-4-10-26(21(17)28)13-14-5-3-6-15(23)11-14/h3-12H,2,13H2,1H3,(H,24,25,27). The monoisotopic (exact) mass is 423 g/mol. The summed E-state index contributed by atoms with van der Waals surface area (Å²) < 4.78 is 21.1. The Morgan fingerprint density at radius 3 is 2.87 bits per heavy atom. The molecule has 4 rings (SSSR count). The van der Waals surface area contributed by atoms with Crippen LogP contribution in [0.25, 0.3) is 10.2 Å². The Morgan fingerprint density at radius 2 is 2.07 bits per heavy atom. The van der Waals surface area contributed by atoms with Crippen molar-refractivity contribution in [2.45, 2.75) is 13.5 Å². The van der Waals surface area contributed by atoms with E-state index in [2.05, 4.69) is 10.3 Å². The lowest BCUT2D eigenvalue weighted by molar-refractivity contribution is 0.102. The summed E-state index contributed by atoms with van der Waals surface area (Å²) in [6, 6.07) is 14.6. The largest absolute Gasteiger partial charge is 0.494 e. The van der Waals surface area contributed by atoms with Gasteiger partial charge >= 0.3 is 0 Å². The van der Waals surface area contributed by atoms with Crippen LogP contribution in [0.3, 0.4) is 0 Å². The van der Waals surface area contributed by atoms with Gasteiger partial charge in [0.2, 0.25) is 0 Å². The Balaban J connectivity index is 1.56. The number of thiazole rings is 1. The fourth-order valence-electron chi connectivity index (χ4n) is 3.05. The third kappa shape index (κ3) is 4.23.